The minimum absolute atomic E-state index is 0.217. The molecule has 1 saturated heterocycles. The van der Waals surface area contributed by atoms with Gasteiger partial charge in [0.25, 0.3) is 0 Å². The van der Waals surface area contributed by atoms with E-state index in [1.165, 1.54) is 0 Å². The first-order valence-corrected chi connectivity index (χ1v) is 7.33. The molecule has 0 bridgehead atoms. The summed E-state index contributed by atoms with van der Waals surface area (Å²) in [7, 11) is 0. The fraction of sp³-hybridized carbons (Fsp3) is 0.562. The van der Waals surface area contributed by atoms with Gasteiger partial charge in [-0.1, -0.05) is 0 Å². The van der Waals surface area contributed by atoms with Gasteiger partial charge in [0.1, 0.15) is 5.60 Å². The summed E-state index contributed by atoms with van der Waals surface area (Å²) in [6.07, 6.45) is 2.37. The largest absolute Gasteiger partial charge is 0.456 e. The summed E-state index contributed by atoms with van der Waals surface area (Å²) in [4.78, 5) is 12.1. The van der Waals surface area contributed by atoms with Gasteiger partial charge < -0.3 is 20.5 Å². The number of nitrogen functional groups attached to an aromatic ring is 1. The van der Waals surface area contributed by atoms with Crippen molar-refractivity contribution < 1.29 is 14.3 Å². The molecule has 1 aromatic carbocycles. The molecule has 0 spiro atoms. The monoisotopic (exact) mass is 292 g/mol. The maximum absolute atomic E-state index is 12.1. The van der Waals surface area contributed by atoms with E-state index < -0.39 is 5.60 Å². The molecule has 0 radical (unpaired) electrons. The molecule has 1 atom stereocenters. The normalized spacial score (nSPS) is 18.5. The average molecular weight is 292 g/mol. The second-order valence-corrected chi connectivity index (χ2v) is 6.32. The van der Waals surface area contributed by atoms with Crippen molar-refractivity contribution in [3.63, 3.8) is 0 Å². The maximum Gasteiger partial charge on any atom is 0.338 e. The van der Waals surface area contributed by atoms with Crippen LogP contribution in [0.2, 0.25) is 0 Å². The summed E-state index contributed by atoms with van der Waals surface area (Å²) in [6.45, 7) is 7.05. The van der Waals surface area contributed by atoms with Crippen molar-refractivity contribution in [2.75, 3.05) is 24.2 Å². The highest BCUT2D eigenvalue weighted by atomic mass is 16.6. The summed E-state index contributed by atoms with van der Waals surface area (Å²) in [5.41, 5.74) is 7.29. The van der Waals surface area contributed by atoms with E-state index in [9.17, 15) is 4.79 Å². The third kappa shape index (κ3) is 4.63. The number of hydrogen-bond donors (Lipinski definition) is 2. The summed E-state index contributed by atoms with van der Waals surface area (Å²) >= 11 is 0. The Morgan fingerprint density at radius 1 is 1.48 bits per heavy atom. The van der Waals surface area contributed by atoms with Crippen LogP contribution < -0.4 is 11.1 Å². The Hall–Kier alpha value is -1.75. The summed E-state index contributed by atoms with van der Waals surface area (Å²) in [6, 6.07) is 5.14. The Balaban J connectivity index is 2.03. The molecule has 5 heteroatoms. The third-order valence-corrected chi connectivity index (χ3v) is 3.23. The summed E-state index contributed by atoms with van der Waals surface area (Å²) in [5.74, 6) is -0.345. The highest BCUT2D eigenvalue weighted by Crippen LogP contribution is 2.23. The standard InChI is InChI=1S/C16H24N2O3/c1-16(2,3)21-15(19)11-6-7-13(17)14(9-11)18-10-12-5-4-8-20-12/h6-7,9,12,18H,4-5,8,10,17H2,1-3H3/t12-/m0/s1. The lowest BCUT2D eigenvalue weighted by molar-refractivity contribution is 0.00696. The van der Waals surface area contributed by atoms with Crippen molar-refractivity contribution >= 4 is 17.3 Å². The van der Waals surface area contributed by atoms with Crippen LogP contribution in [-0.2, 0) is 9.47 Å². The van der Waals surface area contributed by atoms with Gasteiger partial charge in [-0.2, -0.15) is 0 Å². The zero-order chi connectivity index (χ0) is 15.5. The van der Waals surface area contributed by atoms with E-state index >= 15 is 0 Å². The molecule has 0 aromatic heterocycles. The van der Waals surface area contributed by atoms with Gasteiger partial charge in [-0.3, -0.25) is 0 Å². The molecule has 2 rings (SSSR count). The molecule has 0 aliphatic carbocycles. The van der Waals surface area contributed by atoms with Gasteiger partial charge in [-0.25, -0.2) is 4.79 Å². The van der Waals surface area contributed by atoms with E-state index in [1.54, 1.807) is 18.2 Å². The van der Waals surface area contributed by atoms with Crippen molar-refractivity contribution in [1.29, 1.82) is 0 Å². The average Bonchev–Trinajstić information content (AvgIpc) is 2.88. The first-order valence-electron chi connectivity index (χ1n) is 7.33. The summed E-state index contributed by atoms with van der Waals surface area (Å²) < 4.78 is 10.9. The SMILES string of the molecule is CC(C)(C)OC(=O)c1ccc(N)c(NC[C@@H]2CCCO2)c1. The number of anilines is 2. The van der Waals surface area contributed by atoms with Crippen LogP contribution in [0.3, 0.4) is 0 Å². The zero-order valence-corrected chi connectivity index (χ0v) is 12.9. The number of rotatable bonds is 4. The molecular weight excluding hydrogens is 268 g/mol. The Bertz CT molecular complexity index is 503. The lowest BCUT2D eigenvalue weighted by atomic mass is 10.1. The van der Waals surface area contributed by atoms with Crippen molar-refractivity contribution in [1.82, 2.24) is 0 Å². The van der Waals surface area contributed by atoms with Crippen LogP contribution in [0.25, 0.3) is 0 Å². The second kappa shape index (κ2) is 6.35. The number of nitrogens with two attached hydrogens (primary N) is 1. The van der Waals surface area contributed by atoms with Gasteiger partial charge in [0.15, 0.2) is 0 Å². The molecule has 3 N–H and O–H groups in total. The Morgan fingerprint density at radius 2 is 2.24 bits per heavy atom. The molecule has 1 fully saturated rings. The predicted octanol–water partition coefficient (Wildman–Crippen LogP) is 2.82. The van der Waals surface area contributed by atoms with E-state index in [1.807, 2.05) is 20.8 Å². The zero-order valence-electron chi connectivity index (χ0n) is 12.9. The highest BCUT2D eigenvalue weighted by molar-refractivity contribution is 5.92. The molecule has 1 aliphatic rings. The first-order chi connectivity index (χ1) is 9.85. The van der Waals surface area contributed by atoms with Gasteiger partial charge in [0.05, 0.1) is 23.0 Å². The maximum atomic E-state index is 12.1. The smallest absolute Gasteiger partial charge is 0.338 e. The van der Waals surface area contributed by atoms with Crippen molar-refractivity contribution in [2.24, 2.45) is 0 Å². The van der Waals surface area contributed by atoms with Crippen LogP contribution in [0.4, 0.5) is 11.4 Å². The van der Waals surface area contributed by atoms with E-state index in [2.05, 4.69) is 5.32 Å². The number of carbonyl (C=O) groups is 1. The van der Waals surface area contributed by atoms with E-state index in [0.29, 0.717) is 17.8 Å². The Labute approximate surface area is 125 Å². The molecule has 1 aliphatic heterocycles. The fourth-order valence-corrected chi connectivity index (χ4v) is 2.20. The van der Waals surface area contributed by atoms with Crippen LogP contribution in [-0.4, -0.2) is 30.8 Å². The Kier molecular flexibility index (Phi) is 4.73. The molecule has 116 valence electrons. The lowest BCUT2D eigenvalue weighted by Crippen LogP contribution is -2.24. The number of carbonyl (C=O) groups excluding carboxylic acids is 1. The Morgan fingerprint density at radius 3 is 2.86 bits per heavy atom. The van der Waals surface area contributed by atoms with Crippen LogP contribution in [0.5, 0.6) is 0 Å². The molecular formula is C16H24N2O3. The minimum Gasteiger partial charge on any atom is -0.456 e. The topological polar surface area (TPSA) is 73.6 Å². The van der Waals surface area contributed by atoms with Gasteiger partial charge in [-0.15, -0.1) is 0 Å². The van der Waals surface area contributed by atoms with Crippen LogP contribution in [0.1, 0.15) is 44.0 Å². The van der Waals surface area contributed by atoms with Crippen molar-refractivity contribution in [2.45, 2.75) is 45.3 Å². The molecule has 1 aromatic rings. The van der Waals surface area contributed by atoms with Crippen molar-refractivity contribution in [3.05, 3.63) is 23.8 Å². The predicted molar refractivity (Wildman–Crippen MR) is 83.5 cm³/mol. The number of nitrogens with one attached hydrogen (secondary N) is 1. The molecule has 5 nitrogen and oxygen atoms in total. The second-order valence-electron chi connectivity index (χ2n) is 6.32. The molecule has 0 unspecified atom stereocenters. The van der Waals surface area contributed by atoms with Gasteiger partial charge >= 0.3 is 5.97 Å². The summed E-state index contributed by atoms with van der Waals surface area (Å²) in [5, 5.41) is 3.26. The van der Waals surface area contributed by atoms with Gasteiger partial charge in [0, 0.05) is 13.2 Å². The lowest BCUT2D eigenvalue weighted by Gasteiger charge is -2.20. The van der Waals surface area contributed by atoms with Crippen molar-refractivity contribution in [3.8, 4) is 0 Å². The number of ether oxygens (including phenoxy) is 2. The van der Waals surface area contributed by atoms with Gasteiger partial charge in [-0.05, 0) is 51.8 Å². The molecule has 0 saturated carbocycles. The fourth-order valence-electron chi connectivity index (χ4n) is 2.20. The third-order valence-electron chi connectivity index (χ3n) is 3.23. The van der Waals surface area contributed by atoms with Gasteiger partial charge in [0.2, 0.25) is 0 Å². The van der Waals surface area contributed by atoms with Crippen LogP contribution in [0.15, 0.2) is 18.2 Å². The number of benzene rings is 1. The number of esters is 1. The molecule has 21 heavy (non-hydrogen) atoms. The minimum atomic E-state index is -0.510. The van der Waals surface area contributed by atoms with E-state index in [4.69, 9.17) is 15.2 Å². The molecule has 0 amide bonds. The van der Waals surface area contributed by atoms with E-state index in [0.717, 1.165) is 25.1 Å². The first kappa shape index (κ1) is 15.6. The highest BCUT2D eigenvalue weighted by Gasteiger charge is 2.19. The number of hydrogen-bond acceptors (Lipinski definition) is 5. The van der Waals surface area contributed by atoms with Crippen LogP contribution in [0, 0.1) is 0 Å². The quantitative estimate of drug-likeness (QED) is 0.659. The van der Waals surface area contributed by atoms with Crippen LogP contribution >= 0.6 is 0 Å². The van der Waals surface area contributed by atoms with E-state index in [-0.39, 0.29) is 12.1 Å². The molecule has 1 heterocycles.